The highest BCUT2D eigenvalue weighted by atomic mass is 35.5. The molecule has 2 amide bonds. The largest absolute Gasteiger partial charge is 0.334 e. The summed E-state index contributed by atoms with van der Waals surface area (Å²) in [6.45, 7) is 5.93. The predicted molar refractivity (Wildman–Crippen MR) is 92.0 cm³/mol. The van der Waals surface area contributed by atoms with Crippen LogP contribution in [0.2, 0.25) is 5.02 Å². The number of urea groups is 1. The maximum absolute atomic E-state index is 11.9. The van der Waals surface area contributed by atoms with E-state index in [9.17, 15) is 4.79 Å². The van der Waals surface area contributed by atoms with Crippen LogP contribution in [0.5, 0.6) is 0 Å². The zero-order chi connectivity index (χ0) is 15.9. The molecule has 4 heteroatoms. The van der Waals surface area contributed by atoms with Crippen molar-refractivity contribution in [1.29, 1.82) is 0 Å². The lowest BCUT2D eigenvalue weighted by atomic mass is 10.0. The Bertz CT molecular complexity index is 604. The van der Waals surface area contributed by atoms with Crippen LogP contribution in [0.25, 0.3) is 11.1 Å². The first kappa shape index (κ1) is 16.4. The molecule has 0 atom stereocenters. The molecule has 3 nitrogen and oxygen atoms in total. The molecule has 0 unspecified atom stereocenters. The van der Waals surface area contributed by atoms with E-state index < -0.39 is 0 Å². The summed E-state index contributed by atoms with van der Waals surface area (Å²) in [7, 11) is 0. The van der Waals surface area contributed by atoms with E-state index in [0.717, 1.165) is 34.8 Å². The minimum Gasteiger partial charge on any atom is -0.334 e. The highest BCUT2D eigenvalue weighted by Crippen LogP contribution is 2.21. The summed E-state index contributed by atoms with van der Waals surface area (Å²) in [6, 6.07) is 15.9. The number of benzene rings is 2. The average Bonchev–Trinajstić information content (AvgIpc) is 2.55. The second kappa shape index (κ2) is 7.85. The third-order valence-electron chi connectivity index (χ3n) is 3.63. The van der Waals surface area contributed by atoms with Gasteiger partial charge in [-0.05, 0) is 42.7 Å². The Hall–Kier alpha value is -2.00. The molecular formula is C18H21ClN2O. The quantitative estimate of drug-likeness (QED) is 0.861. The summed E-state index contributed by atoms with van der Waals surface area (Å²) in [6.07, 6.45) is 0. The smallest absolute Gasteiger partial charge is 0.317 e. The van der Waals surface area contributed by atoms with Gasteiger partial charge in [0.25, 0.3) is 0 Å². The molecule has 0 aromatic heterocycles. The van der Waals surface area contributed by atoms with Crippen LogP contribution in [0.15, 0.2) is 48.5 Å². The molecule has 2 aromatic rings. The van der Waals surface area contributed by atoms with Crippen molar-refractivity contribution in [2.45, 2.75) is 20.4 Å². The Morgan fingerprint density at radius 2 is 1.45 bits per heavy atom. The Kier molecular flexibility index (Phi) is 5.84. The molecule has 2 aromatic carbocycles. The van der Waals surface area contributed by atoms with Gasteiger partial charge in [0.05, 0.1) is 0 Å². The van der Waals surface area contributed by atoms with E-state index in [4.69, 9.17) is 11.6 Å². The van der Waals surface area contributed by atoms with Crippen LogP contribution in [0.3, 0.4) is 0 Å². The highest BCUT2D eigenvalue weighted by Gasteiger charge is 2.08. The van der Waals surface area contributed by atoms with Crippen LogP contribution in [0.4, 0.5) is 4.79 Å². The molecule has 116 valence electrons. The first-order chi connectivity index (χ1) is 10.6. The van der Waals surface area contributed by atoms with Crippen molar-refractivity contribution in [2.75, 3.05) is 13.1 Å². The molecule has 1 N–H and O–H groups in total. The average molecular weight is 317 g/mol. The third-order valence-corrected chi connectivity index (χ3v) is 3.88. The lowest BCUT2D eigenvalue weighted by Gasteiger charge is -2.19. The van der Waals surface area contributed by atoms with Crippen LogP contribution in [-0.4, -0.2) is 24.0 Å². The number of hydrogen-bond acceptors (Lipinski definition) is 1. The van der Waals surface area contributed by atoms with Gasteiger partial charge in [-0.1, -0.05) is 48.0 Å². The Balaban J connectivity index is 1.97. The summed E-state index contributed by atoms with van der Waals surface area (Å²) < 4.78 is 0. The monoisotopic (exact) mass is 316 g/mol. The normalized spacial score (nSPS) is 10.3. The molecule has 2 rings (SSSR count). The molecule has 0 saturated heterocycles. The second-order valence-corrected chi connectivity index (χ2v) is 5.47. The van der Waals surface area contributed by atoms with Gasteiger partial charge in [-0.3, -0.25) is 0 Å². The minimum atomic E-state index is -0.0215. The number of hydrogen-bond donors (Lipinski definition) is 1. The van der Waals surface area contributed by atoms with Crippen molar-refractivity contribution in [2.24, 2.45) is 0 Å². The first-order valence-corrected chi connectivity index (χ1v) is 7.89. The molecule has 22 heavy (non-hydrogen) atoms. The number of amides is 2. The predicted octanol–water partition coefficient (Wildman–Crippen LogP) is 4.56. The number of halogens is 1. The number of carbonyl (C=O) groups is 1. The molecular weight excluding hydrogens is 296 g/mol. The molecule has 0 heterocycles. The van der Waals surface area contributed by atoms with Gasteiger partial charge < -0.3 is 10.2 Å². The van der Waals surface area contributed by atoms with Crippen LogP contribution in [0, 0.1) is 0 Å². The summed E-state index contributed by atoms with van der Waals surface area (Å²) >= 11 is 5.90. The Morgan fingerprint density at radius 3 is 1.95 bits per heavy atom. The van der Waals surface area contributed by atoms with Crippen LogP contribution >= 0.6 is 11.6 Å². The first-order valence-electron chi connectivity index (χ1n) is 7.51. The summed E-state index contributed by atoms with van der Waals surface area (Å²) in [4.78, 5) is 13.7. The standard InChI is InChI=1S/C18H21ClN2O/c1-3-21(4-2)18(22)20-13-14-5-7-15(8-6-14)16-9-11-17(19)12-10-16/h5-12H,3-4,13H2,1-2H3,(H,20,22). The number of nitrogens with zero attached hydrogens (tertiary/aromatic N) is 1. The van der Waals surface area contributed by atoms with Gasteiger partial charge in [-0.15, -0.1) is 0 Å². The van der Waals surface area contributed by atoms with Crippen molar-refractivity contribution < 1.29 is 4.79 Å². The van der Waals surface area contributed by atoms with Gasteiger partial charge in [0, 0.05) is 24.7 Å². The molecule has 0 saturated carbocycles. The maximum atomic E-state index is 11.9. The fraction of sp³-hybridized carbons (Fsp3) is 0.278. The van der Waals surface area contributed by atoms with Gasteiger partial charge in [0.1, 0.15) is 0 Å². The van der Waals surface area contributed by atoms with Gasteiger partial charge in [0.15, 0.2) is 0 Å². The van der Waals surface area contributed by atoms with Gasteiger partial charge in [-0.25, -0.2) is 4.79 Å². The van der Waals surface area contributed by atoms with E-state index >= 15 is 0 Å². The van der Waals surface area contributed by atoms with Crippen LogP contribution in [0.1, 0.15) is 19.4 Å². The van der Waals surface area contributed by atoms with Gasteiger partial charge >= 0.3 is 6.03 Å². The van der Waals surface area contributed by atoms with Crippen molar-refractivity contribution in [3.8, 4) is 11.1 Å². The third kappa shape index (κ3) is 4.25. The number of nitrogens with one attached hydrogen (secondary N) is 1. The van der Waals surface area contributed by atoms with Crippen molar-refractivity contribution in [1.82, 2.24) is 10.2 Å². The highest BCUT2D eigenvalue weighted by molar-refractivity contribution is 6.30. The van der Waals surface area contributed by atoms with Gasteiger partial charge in [-0.2, -0.15) is 0 Å². The number of rotatable bonds is 5. The Morgan fingerprint density at radius 1 is 0.955 bits per heavy atom. The molecule has 0 radical (unpaired) electrons. The summed E-state index contributed by atoms with van der Waals surface area (Å²) in [5.74, 6) is 0. The maximum Gasteiger partial charge on any atom is 0.317 e. The van der Waals surface area contributed by atoms with E-state index in [1.807, 2.05) is 50.2 Å². The number of carbonyl (C=O) groups excluding carboxylic acids is 1. The zero-order valence-electron chi connectivity index (χ0n) is 13.0. The molecule has 0 aliphatic carbocycles. The summed E-state index contributed by atoms with van der Waals surface area (Å²) in [5.41, 5.74) is 3.34. The van der Waals surface area contributed by atoms with Crippen LogP contribution < -0.4 is 5.32 Å². The van der Waals surface area contributed by atoms with Gasteiger partial charge in [0.2, 0.25) is 0 Å². The molecule has 0 fully saturated rings. The molecule has 0 aliphatic rings. The summed E-state index contributed by atoms with van der Waals surface area (Å²) in [5, 5.41) is 3.67. The van der Waals surface area contributed by atoms with Crippen molar-refractivity contribution in [3.05, 3.63) is 59.1 Å². The fourth-order valence-corrected chi connectivity index (χ4v) is 2.38. The van der Waals surface area contributed by atoms with E-state index in [-0.39, 0.29) is 6.03 Å². The topological polar surface area (TPSA) is 32.3 Å². The lowest BCUT2D eigenvalue weighted by molar-refractivity contribution is 0.203. The van der Waals surface area contributed by atoms with E-state index in [0.29, 0.717) is 6.54 Å². The second-order valence-electron chi connectivity index (χ2n) is 5.03. The molecule has 0 bridgehead atoms. The van der Waals surface area contributed by atoms with Crippen LogP contribution in [-0.2, 0) is 6.54 Å². The Labute approximate surface area is 136 Å². The van der Waals surface area contributed by atoms with Crippen molar-refractivity contribution >= 4 is 17.6 Å². The fourth-order valence-electron chi connectivity index (χ4n) is 2.26. The van der Waals surface area contributed by atoms with E-state index in [1.165, 1.54) is 0 Å². The zero-order valence-corrected chi connectivity index (χ0v) is 13.7. The molecule has 0 spiro atoms. The minimum absolute atomic E-state index is 0.0215. The van der Waals surface area contributed by atoms with E-state index in [1.54, 1.807) is 4.90 Å². The lowest BCUT2D eigenvalue weighted by Crippen LogP contribution is -2.39. The SMILES string of the molecule is CCN(CC)C(=O)NCc1ccc(-c2ccc(Cl)cc2)cc1. The van der Waals surface area contributed by atoms with Crippen molar-refractivity contribution in [3.63, 3.8) is 0 Å². The van der Waals surface area contributed by atoms with E-state index in [2.05, 4.69) is 17.4 Å². The molecule has 0 aliphatic heterocycles.